The fourth-order valence-electron chi connectivity index (χ4n) is 1.88. The van der Waals surface area contributed by atoms with Crippen LogP contribution in [-0.2, 0) is 16.1 Å². The van der Waals surface area contributed by atoms with E-state index in [-0.39, 0.29) is 18.5 Å². The number of aryl methyl sites for hydroxylation is 1. The standard InChI is InChI=1S/C14H22N2O3/c1-5-8-15-9-6-7-12(15)14(18)16(11(2)3)10-13(17)19-4/h6-7,9,11H,5,8,10H2,1-4H3. The average molecular weight is 266 g/mol. The SMILES string of the molecule is CCCn1cccc1C(=O)N(CC(=O)OC)C(C)C. The van der Waals surface area contributed by atoms with Crippen molar-refractivity contribution < 1.29 is 14.3 Å². The van der Waals surface area contributed by atoms with E-state index in [2.05, 4.69) is 11.7 Å². The van der Waals surface area contributed by atoms with Gasteiger partial charge in [-0.1, -0.05) is 6.92 Å². The highest BCUT2D eigenvalue weighted by atomic mass is 16.5. The fraction of sp³-hybridized carbons (Fsp3) is 0.571. The van der Waals surface area contributed by atoms with Gasteiger partial charge in [-0.2, -0.15) is 0 Å². The number of nitrogens with zero attached hydrogens (tertiary/aromatic N) is 2. The summed E-state index contributed by atoms with van der Waals surface area (Å²) in [5.41, 5.74) is 0.611. The van der Waals surface area contributed by atoms with Gasteiger partial charge in [0.2, 0.25) is 0 Å². The molecule has 0 aliphatic rings. The summed E-state index contributed by atoms with van der Waals surface area (Å²) in [6.07, 6.45) is 2.83. The number of hydrogen-bond acceptors (Lipinski definition) is 3. The lowest BCUT2D eigenvalue weighted by Crippen LogP contribution is -2.41. The maximum absolute atomic E-state index is 12.5. The van der Waals surface area contributed by atoms with Crippen LogP contribution in [0.3, 0.4) is 0 Å². The Morgan fingerprint density at radius 3 is 2.63 bits per heavy atom. The molecule has 5 nitrogen and oxygen atoms in total. The molecule has 0 radical (unpaired) electrons. The second-order valence-electron chi connectivity index (χ2n) is 4.69. The van der Waals surface area contributed by atoms with Crippen LogP contribution in [0.25, 0.3) is 0 Å². The summed E-state index contributed by atoms with van der Waals surface area (Å²) < 4.78 is 6.55. The minimum atomic E-state index is -0.407. The molecular weight excluding hydrogens is 244 g/mol. The molecule has 0 N–H and O–H groups in total. The average Bonchev–Trinajstić information content (AvgIpc) is 2.83. The molecule has 0 atom stereocenters. The third-order valence-corrected chi connectivity index (χ3v) is 2.92. The Labute approximate surface area is 114 Å². The molecule has 106 valence electrons. The lowest BCUT2D eigenvalue weighted by molar-refractivity contribution is -0.141. The predicted octanol–water partition coefficient (Wildman–Crippen LogP) is 1.92. The Hall–Kier alpha value is -1.78. The van der Waals surface area contributed by atoms with Crippen molar-refractivity contribution in [2.45, 2.75) is 39.8 Å². The summed E-state index contributed by atoms with van der Waals surface area (Å²) in [6.45, 7) is 6.59. The van der Waals surface area contributed by atoms with Gasteiger partial charge in [0.1, 0.15) is 12.2 Å². The van der Waals surface area contributed by atoms with Crippen molar-refractivity contribution in [3.05, 3.63) is 24.0 Å². The van der Waals surface area contributed by atoms with Gasteiger partial charge >= 0.3 is 5.97 Å². The van der Waals surface area contributed by atoms with E-state index in [4.69, 9.17) is 0 Å². The molecule has 0 unspecified atom stereocenters. The largest absolute Gasteiger partial charge is 0.468 e. The molecule has 0 aliphatic carbocycles. The van der Waals surface area contributed by atoms with Crippen LogP contribution >= 0.6 is 0 Å². The first-order valence-electron chi connectivity index (χ1n) is 6.54. The first kappa shape index (κ1) is 15.3. The zero-order valence-electron chi connectivity index (χ0n) is 12.0. The smallest absolute Gasteiger partial charge is 0.325 e. The molecular formula is C14H22N2O3. The fourth-order valence-corrected chi connectivity index (χ4v) is 1.88. The lowest BCUT2D eigenvalue weighted by atomic mass is 10.2. The highest BCUT2D eigenvalue weighted by Crippen LogP contribution is 2.11. The van der Waals surface area contributed by atoms with E-state index in [1.807, 2.05) is 30.7 Å². The molecule has 0 fully saturated rings. The molecule has 5 heteroatoms. The minimum absolute atomic E-state index is 0.0235. The molecule has 1 aromatic heterocycles. The zero-order chi connectivity index (χ0) is 14.4. The summed E-state index contributed by atoms with van der Waals surface area (Å²) in [4.78, 5) is 25.4. The van der Waals surface area contributed by atoms with Gasteiger partial charge in [0, 0.05) is 18.8 Å². The number of hydrogen-bond donors (Lipinski definition) is 0. The maximum atomic E-state index is 12.5. The molecule has 0 spiro atoms. The molecule has 1 aromatic rings. The first-order chi connectivity index (χ1) is 9.01. The number of ether oxygens (including phenoxy) is 1. The van der Waals surface area contributed by atoms with Crippen LogP contribution in [0.4, 0.5) is 0 Å². The lowest BCUT2D eigenvalue weighted by Gasteiger charge is -2.26. The van der Waals surface area contributed by atoms with E-state index >= 15 is 0 Å². The van der Waals surface area contributed by atoms with Crippen molar-refractivity contribution in [1.29, 1.82) is 0 Å². The summed E-state index contributed by atoms with van der Waals surface area (Å²) >= 11 is 0. The van der Waals surface area contributed by atoms with Gasteiger partial charge in [0.15, 0.2) is 0 Å². The van der Waals surface area contributed by atoms with Gasteiger partial charge in [-0.15, -0.1) is 0 Å². The third kappa shape index (κ3) is 3.84. The van der Waals surface area contributed by atoms with Crippen LogP contribution in [0, 0.1) is 0 Å². The number of methoxy groups -OCH3 is 1. The van der Waals surface area contributed by atoms with Gasteiger partial charge in [-0.3, -0.25) is 9.59 Å². The van der Waals surface area contributed by atoms with Gasteiger partial charge < -0.3 is 14.2 Å². The van der Waals surface area contributed by atoms with Crippen LogP contribution in [0.15, 0.2) is 18.3 Å². The minimum Gasteiger partial charge on any atom is -0.468 e. The van der Waals surface area contributed by atoms with E-state index in [0.717, 1.165) is 13.0 Å². The molecule has 0 aliphatic heterocycles. The van der Waals surface area contributed by atoms with Crippen molar-refractivity contribution in [1.82, 2.24) is 9.47 Å². The Balaban J connectivity index is 2.92. The molecule has 1 amide bonds. The van der Waals surface area contributed by atoms with Gasteiger partial charge in [0.25, 0.3) is 5.91 Å². The number of rotatable bonds is 6. The van der Waals surface area contributed by atoms with E-state index in [9.17, 15) is 9.59 Å². The van der Waals surface area contributed by atoms with Crippen LogP contribution in [-0.4, -0.2) is 41.0 Å². The van der Waals surface area contributed by atoms with Crippen LogP contribution < -0.4 is 0 Å². The monoisotopic (exact) mass is 266 g/mol. The van der Waals surface area contributed by atoms with Crippen molar-refractivity contribution in [2.24, 2.45) is 0 Å². The number of carbonyl (C=O) groups excluding carboxylic acids is 2. The molecule has 0 saturated carbocycles. The van der Waals surface area contributed by atoms with Crippen LogP contribution in [0.2, 0.25) is 0 Å². The molecule has 0 bridgehead atoms. The van der Waals surface area contributed by atoms with E-state index in [1.54, 1.807) is 6.07 Å². The number of esters is 1. The second kappa shape index (κ2) is 6.97. The zero-order valence-corrected chi connectivity index (χ0v) is 12.0. The normalized spacial score (nSPS) is 10.6. The molecule has 19 heavy (non-hydrogen) atoms. The topological polar surface area (TPSA) is 51.5 Å². The molecule has 0 aromatic carbocycles. The van der Waals surface area contributed by atoms with Gasteiger partial charge in [-0.25, -0.2) is 0 Å². The second-order valence-corrected chi connectivity index (χ2v) is 4.69. The highest BCUT2D eigenvalue weighted by Gasteiger charge is 2.23. The molecule has 1 heterocycles. The van der Waals surface area contributed by atoms with E-state index < -0.39 is 5.97 Å². The maximum Gasteiger partial charge on any atom is 0.325 e. The van der Waals surface area contributed by atoms with Crippen molar-refractivity contribution >= 4 is 11.9 Å². The van der Waals surface area contributed by atoms with Crippen molar-refractivity contribution in [3.63, 3.8) is 0 Å². The summed E-state index contributed by atoms with van der Waals surface area (Å²) in [7, 11) is 1.32. The number of aromatic nitrogens is 1. The predicted molar refractivity (Wildman–Crippen MR) is 72.9 cm³/mol. The van der Waals surface area contributed by atoms with E-state index in [1.165, 1.54) is 12.0 Å². The van der Waals surface area contributed by atoms with Gasteiger partial charge in [-0.05, 0) is 32.4 Å². The van der Waals surface area contributed by atoms with Crippen molar-refractivity contribution in [3.8, 4) is 0 Å². The Morgan fingerprint density at radius 1 is 1.42 bits per heavy atom. The van der Waals surface area contributed by atoms with E-state index in [0.29, 0.717) is 5.69 Å². The molecule has 1 rings (SSSR count). The summed E-state index contributed by atoms with van der Waals surface area (Å²) in [5.74, 6) is -0.547. The highest BCUT2D eigenvalue weighted by molar-refractivity contribution is 5.94. The summed E-state index contributed by atoms with van der Waals surface area (Å²) in [6, 6.07) is 3.57. The number of carbonyl (C=O) groups is 2. The summed E-state index contributed by atoms with van der Waals surface area (Å²) in [5, 5.41) is 0. The van der Waals surface area contributed by atoms with Crippen molar-refractivity contribution in [2.75, 3.05) is 13.7 Å². The Bertz CT molecular complexity index is 438. The quantitative estimate of drug-likeness (QED) is 0.739. The van der Waals surface area contributed by atoms with Crippen LogP contribution in [0.5, 0.6) is 0 Å². The van der Waals surface area contributed by atoms with Crippen LogP contribution in [0.1, 0.15) is 37.7 Å². The number of amides is 1. The third-order valence-electron chi connectivity index (χ3n) is 2.92. The Kier molecular flexibility index (Phi) is 5.60. The first-order valence-corrected chi connectivity index (χ1v) is 6.54. The Morgan fingerprint density at radius 2 is 2.11 bits per heavy atom. The molecule has 0 saturated heterocycles. The van der Waals surface area contributed by atoms with Gasteiger partial charge in [0.05, 0.1) is 7.11 Å².